The predicted octanol–water partition coefficient (Wildman–Crippen LogP) is 0.0519. The minimum absolute atomic E-state index is 0. The molecule has 9 heteroatoms. The van der Waals surface area contributed by atoms with Gasteiger partial charge in [0.2, 0.25) is 0 Å². The standard InChI is InChI=1S/4C4H10O2.Zr/c4*1-4(5)3-6-2;/h4*4-5H,3H2,1-2H3;. The zero-order valence-electron chi connectivity index (χ0n) is 17.1. The van der Waals surface area contributed by atoms with E-state index < -0.39 is 0 Å². The summed E-state index contributed by atoms with van der Waals surface area (Å²) in [6.07, 6.45) is -1.30. The van der Waals surface area contributed by atoms with Gasteiger partial charge in [-0.15, -0.1) is 0 Å². The van der Waals surface area contributed by atoms with Crippen LogP contribution in [0.1, 0.15) is 27.7 Å². The molecule has 0 rings (SSSR count). The summed E-state index contributed by atoms with van der Waals surface area (Å²) < 4.78 is 18.2. The number of hydrogen-bond acceptors (Lipinski definition) is 8. The fraction of sp³-hybridized carbons (Fsp3) is 1.00. The third-order valence-electron chi connectivity index (χ3n) is 1.63. The molecule has 8 nitrogen and oxygen atoms in total. The summed E-state index contributed by atoms with van der Waals surface area (Å²) in [6.45, 7) is 8.46. The molecule has 0 aromatic rings. The van der Waals surface area contributed by atoms with Gasteiger partial charge in [-0.05, 0) is 27.7 Å². The summed E-state index contributed by atoms with van der Waals surface area (Å²) in [7, 11) is 6.25. The molecule has 0 aliphatic carbocycles. The molecule has 0 saturated heterocycles. The Morgan fingerprint density at radius 3 is 0.600 bits per heavy atom. The van der Waals surface area contributed by atoms with E-state index in [1.807, 2.05) is 0 Å². The van der Waals surface area contributed by atoms with E-state index in [0.29, 0.717) is 26.4 Å². The predicted molar refractivity (Wildman–Crippen MR) is 94.2 cm³/mol. The van der Waals surface area contributed by atoms with Crippen molar-refractivity contribution in [2.75, 3.05) is 54.9 Å². The van der Waals surface area contributed by atoms with Gasteiger partial charge in [-0.2, -0.15) is 0 Å². The molecule has 0 radical (unpaired) electrons. The average molecular weight is 452 g/mol. The smallest absolute Gasteiger partial charge is 0.0745 e. The Kier molecular flexibility index (Phi) is 47.1. The number of aliphatic hydroxyl groups is 4. The fourth-order valence-corrected chi connectivity index (χ4v) is 0.965. The van der Waals surface area contributed by atoms with Crippen LogP contribution in [-0.2, 0) is 45.2 Å². The monoisotopic (exact) mass is 450 g/mol. The van der Waals surface area contributed by atoms with E-state index in [9.17, 15) is 0 Å². The van der Waals surface area contributed by atoms with Crippen molar-refractivity contribution in [1.82, 2.24) is 0 Å². The maximum atomic E-state index is 8.43. The molecule has 25 heavy (non-hydrogen) atoms. The van der Waals surface area contributed by atoms with E-state index in [-0.39, 0.29) is 50.6 Å². The van der Waals surface area contributed by atoms with Crippen LogP contribution in [-0.4, -0.2) is 99.7 Å². The van der Waals surface area contributed by atoms with Gasteiger partial charge in [-0.1, -0.05) is 0 Å². The van der Waals surface area contributed by atoms with Crippen molar-refractivity contribution in [2.24, 2.45) is 0 Å². The molecule has 0 aromatic heterocycles. The molecule has 0 aliphatic rings. The van der Waals surface area contributed by atoms with Crippen LogP contribution in [0.4, 0.5) is 0 Å². The minimum atomic E-state index is -0.324. The molecule has 0 bridgehead atoms. The van der Waals surface area contributed by atoms with Crippen LogP contribution < -0.4 is 0 Å². The molecule has 0 aromatic carbocycles. The van der Waals surface area contributed by atoms with Crippen molar-refractivity contribution in [1.29, 1.82) is 0 Å². The molecule has 0 heterocycles. The minimum Gasteiger partial charge on any atom is -0.391 e. The average Bonchev–Trinajstić information content (AvgIpc) is 2.39. The van der Waals surface area contributed by atoms with E-state index in [1.165, 1.54) is 0 Å². The first-order valence-electron chi connectivity index (χ1n) is 7.76. The van der Waals surface area contributed by atoms with Crippen molar-refractivity contribution in [3.63, 3.8) is 0 Å². The van der Waals surface area contributed by atoms with E-state index in [4.69, 9.17) is 20.4 Å². The Bertz CT molecular complexity index is 153. The molecule has 0 spiro atoms. The number of ether oxygens (including phenoxy) is 4. The van der Waals surface area contributed by atoms with Gasteiger partial charge in [0.05, 0.1) is 50.8 Å². The molecule has 0 fully saturated rings. The second kappa shape index (κ2) is 32.3. The third-order valence-corrected chi connectivity index (χ3v) is 1.63. The summed E-state index contributed by atoms with van der Waals surface area (Å²) in [5.74, 6) is 0. The fourth-order valence-electron chi connectivity index (χ4n) is 0.965. The van der Waals surface area contributed by atoms with E-state index in [2.05, 4.69) is 18.9 Å². The molecule has 4 unspecified atom stereocenters. The van der Waals surface area contributed by atoms with Crippen LogP contribution in [0.5, 0.6) is 0 Å². The van der Waals surface area contributed by atoms with Crippen molar-refractivity contribution < 1.29 is 65.6 Å². The largest absolute Gasteiger partial charge is 0.391 e. The molecule has 0 aliphatic heterocycles. The Morgan fingerprint density at radius 1 is 0.480 bits per heavy atom. The summed E-state index contributed by atoms with van der Waals surface area (Å²) in [6, 6.07) is 0. The molecule has 4 N–H and O–H groups in total. The summed E-state index contributed by atoms with van der Waals surface area (Å²) in [5.41, 5.74) is 0. The van der Waals surface area contributed by atoms with Crippen molar-refractivity contribution in [2.45, 2.75) is 52.1 Å². The molecule has 156 valence electrons. The van der Waals surface area contributed by atoms with Gasteiger partial charge in [0.25, 0.3) is 0 Å². The van der Waals surface area contributed by atoms with Crippen molar-refractivity contribution in [3.05, 3.63) is 0 Å². The van der Waals surface area contributed by atoms with Crippen LogP contribution in [0, 0.1) is 0 Å². The Labute approximate surface area is 172 Å². The molecular formula is C16H40O8Zr. The van der Waals surface area contributed by atoms with Gasteiger partial charge in [-0.3, -0.25) is 0 Å². The molecular weight excluding hydrogens is 411 g/mol. The van der Waals surface area contributed by atoms with E-state index >= 15 is 0 Å². The Hall–Kier alpha value is 0.563. The maximum absolute atomic E-state index is 8.43. The SMILES string of the molecule is COCC(C)O.COCC(C)O.COCC(C)O.COCC(C)O.[Zr]. The first-order valence-corrected chi connectivity index (χ1v) is 7.76. The van der Waals surface area contributed by atoms with Crippen LogP contribution >= 0.6 is 0 Å². The molecule has 0 amide bonds. The maximum Gasteiger partial charge on any atom is 0.0745 e. The van der Waals surface area contributed by atoms with Gasteiger partial charge in [0, 0.05) is 54.6 Å². The van der Waals surface area contributed by atoms with Gasteiger partial charge in [0.15, 0.2) is 0 Å². The summed E-state index contributed by atoms with van der Waals surface area (Å²) in [4.78, 5) is 0. The zero-order chi connectivity index (χ0) is 20.0. The van der Waals surface area contributed by atoms with Crippen LogP contribution in [0.3, 0.4) is 0 Å². The number of hydrogen-bond donors (Lipinski definition) is 4. The second-order valence-corrected chi connectivity index (χ2v) is 5.22. The summed E-state index contributed by atoms with van der Waals surface area (Å²) >= 11 is 0. The van der Waals surface area contributed by atoms with E-state index in [1.54, 1.807) is 56.1 Å². The quantitative estimate of drug-likeness (QED) is 0.409. The number of methoxy groups -OCH3 is 4. The van der Waals surface area contributed by atoms with Crippen molar-refractivity contribution >= 4 is 0 Å². The number of rotatable bonds is 8. The first kappa shape index (κ1) is 36.5. The first-order chi connectivity index (χ1) is 11.1. The summed E-state index contributed by atoms with van der Waals surface area (Å²) in [5, 5.41) is 33.7. The zero-order valence-corrected chi connectivity index (χ0v) is 19.5. The van der Waals surface area contributed by atoms with Gasteiger partial charge in [-0.25, -0.2) is 0 Å². The molecule has 4 atom stereocenters. The van der Waals surface area contributed by atoms with E-state index in [0.717, 1.165) is 0 Å². The van der Waals surface area contributed by atoms with Gasteiger partial charge in [0.1, 0.15) is 0 Å². The third kappa shape index (κ3) is 79.2. The number of aliphatic hydroxyl groups excluding tert-OH is 4. The van der Waals surface area contributed by atoms with Crippen LogP contribution in [0.2, 0.25) is 0 Å². The molecule has 0 saturated carbocycles. The van der Waals surface area contributed by atoms with Crippen LogP contribution in [0.15, 0.2) is 0 Å². The van der Waals surface area contributed by atoms with Crippen molar-refractivity contribution in [3.8, 4) is 0 Å². The topological polar surface area (TPSA) is 118 Å². The van der Waals surface area contributed by atoms with Crippen LogP contribution in [0.25, 0.3) is 0 Å². The van der Waals surface area contributed by atoms with Gasteiger partial charge < -0.3 is 39.4 Å². The normalized spacial score (nSPS) is 13.9. The Balaban J connectivity index is -0.0000000702. The second-order valence-electron chi connectivity index (χ2n) is 5.22. The Morgan fingerprint density at radius 2 is 0.600 bits per heavy atom. The van der Waals surface area contributed by atoms with Gasteiger partial charge >= 0.3 is 0 Å².